The third kappa shape index (κ3) is 5.53. The van der Waals surface area contributed by atoms with E-state index in [0.29, 0.717) is 5.56 Å². The average Bonchev–Trinajstić information content (AvgIpc) is 3.54. The van der Waals surface area contributed by atoms with Crippen LogP contribution in [0.4, 0.5) is 0 Å². The van der Waals surface area contributed by atoms with Crippen LogP contribution in [-0.4, -0.2) is 61.2 Å². The van der Waals surface area contributed by atoms with Crippen LogP contribution in [0, 0.1) is 6.92 Å². The van der Waals surface area contributed by atoms with E-state index >= 15 is 0 Å². The first-order valence-electron chi connectivity index (χ1n) is 15.7. The SMILES string of the molecule is Cc1cccc2cc([C@H](c3nnnn3C3CCCCC3)N3CCN(C(c4ccccc4)c4ccccc4)CC3)c(=O)[nH]c12. The number of piperazine rings is 1. The zero-order chi connectivity index (χ0) is 29.2. The highest BCUT2D eigenvalue weighted by atomic mass is 16.1. The molecule has 8 nitrogen and oxygen atoms in total. The molecule has 1 aliphatic heterocycles. The summed E-state index contributed by atoms with van der Waals surface area (Å²) in [6.45, 7) is 5.35. The van der Waals surface area contributed by atoms with Gasteiger partial charge in [0.15, 0.2) is 5.82 Å². The molecule has 3 heterocycles. The van der Waals surface area contributed by atoms with E-state index in [9.17, 15) is 4.79 Å². The van der Waals surface area contributed by atoms with Crippen LogP contribution in [0.15, 0.2) is 89.7 Å². The van der Waals surface area contributed by atoms with Crippen molar-refractivity contribution in [2.45, 2.75) is 57.2 Å². The zero-order valence-electron chi connectivity index (χ0n) is 24.8. The minimum absolute atomic E-state index is 0.0705. The zero-order valence-corrected chi connectivity index (χ0v) is 24.8. The number of H-pyrrole nitrogens is 1. The van der Waals surface area contributed by atoms with Crippen molar-refractivity contribution in [1.29, 1.82) is 0 Å². The molecule has 7 rings (SSSR count). The maximum Gasteiger partial charge on any atom is 0.253 e. The van der Waals surface area contributed by atoms with Crippen LogP contribution in [-0.2, 0) is 0 Å². The van der Waals surface area contributed by atoms with Gasteiger partial charge in [-0.05, 0) is 58.3 Å². The highest BCUT2D eigenvalue weighted by molar-refractivity contribution is 5.82. The Hall–Kier alpha value is -4.14. The lowest BCUT2D eigenvalue weighted by molar-refractivity contribution is 0.0845. The summed E-state index contributed by atoms with van der Waals surface area (Å²) < 4.78 is 2.03. The molecule has 1 aliphatic carbocycles. The molecule has 0 bridgehead atoms. The van der Waals surface area contributed by atoms with Crippen molar-refractivity contribution in [3.8, 4) is 0 Å². The molecule has 43 heavy (non-hydrogen) atoms. The third-order valence-corrected chi connectivity index (χ3v) is 9.40. The average molecular weight is 574 g/mol. The fraction of sp³-hybridized carbons (Fsp3) is 0.371. The number of benzene rings is 3. The first-order chi connectivity index (χ1) is 21.2. The molecule has 0 spiro atoms. The number of aromatic nitrogens is 5. The van der Waals surface area contributed by atoms with E-state index in [1.54, 1.807) is 0 Å². The summed E-state index contributed by atoms with van der Waals surface area (Å²) in [5.41, 5.74) is 5.17. The molecular formula is C35H39N7O. The van der Waals surface area contributed by atoms with Crippen LogP contribution in [0.3, 0.4) is 0 Å². The lowest BCUT2D eigenvalue weighted by Gasteiger charge is -2.42. The largest absolute Gasteiger partial charge is 0.321 e. The Morgan fingerprint density at radius 2 is 1.40 bits per heavy atom. The Balaban J connectivity index is 1.25. The van der Waals surface area contributed by atoms with Crippen molar-refractivity contribution < 1.29 is 0 Å². The van der Waals surface area contributed by atoms with Crippen LogP contribution >= 0.6 is 0 Å². The summed E-state index contributed by atoms with van der Waals surface area (Å²) in [6.07, 6.45) is 5.77. The fourth-order valence-electron chi connectivity index (χ4n) is 7.21. The number of rotatable bonds is 7. The summed E-state index contributed by atoms with van der Waals surface area (Å²) in [4.78, 5) is 22.0. The first-order valence-corrected chi connectivity index (χ1v) is 15.7. The quantitative estimate of drug-likeness (QED) is 0.264. The Bertz CT molecular complexity index is 1680. The Morgan fingerprint density at radius 3 is 2.05 bits per heavy atom. The van der Waals surface area contributed by atoms with Crippen molar-refractivity contribution in [3.63, 3.8) is 0 Å². The molecule has 1 atom stereocenters. The summed E-state index contributed by atoms with van der Waals surface area (Å²) in [7, 11) is 0. The number of nitrogens with one attached hydrogen (secondary N) is 1. The minimum Gasteiger partial charge on any atom is -0.321 e. The molecule has 220 valence electrons. The summed E-state index contributed by atoms with van der Waals surface area (Å²) in [6, 6.07) is 29.9. The van der Waals surface area contributed by atoms with E-state index in [1.165, 1.54) is 30.4 Å². The Morgan fingerprint density at radius 1 is 0.767 bits per heavy atom. The van der Waals surface area contributed by atoms with Crippen molar-refractivity contribution in [1.82, 2.24) is 35.0 Å². The molecule has 2 aromatic heterocycles. The van der Waals surface area contributed by atoms with Crippen LogP contribution < -0.4 is 5.56 Å². The molecular weight excluding hydrogens is 534 g/mol. The predicted molar refractivity (Wildman–Crippen MR) is 169 cm³/mol. The number of fused-ring (bicyclic) bond motifs is 1. The molecule has 8 heteroatoms. The van der Waals surface area contributed by atoms with E-state index in [4.69, 9.17) is 0 Å². The second-order valence-corrected chi connectivity index (χ2v) is 12.1. The Kier molecular flexibility index (Phi) is 7.87. The number of nitrogens with zero attached hydrogens (tertiary/aromatic N) is 6. The number of tetrazole rings is 1. The van der Waals surface area contributed by atoms with Gasteiger partial charge in [-0.3, -0.25) is 14.6 Å². The Labute approximate surface area is 252 Å². The number of para-hydroxylation sites is 1. The summed E-state index contributed by atoms with van der Waals surface area (Å²) >= 11 is 0. The van der Waals surface area contributed by atoms with Gasteiger partial charge >= 0.3 is 0 Å². The van der Waals surface area contributed by atoms with Gasteiger partial charge in [0.25, 0.3) is 5.56 Å². The van der Waals surface area contributed by atoms with Gasteiger partial charge in [-0.1, -0.05) is 98.1 Å². The van der Waals surface area contributed by atoms with Gasteiger partial charge in [0.1, 0.15) is 6.04 Å². The highest BCUT2D eigenvalue weighted by Crippen LogP contribution is 2.35. The molecule has 1 saturated heterocycles. The number of hydrogen-bond acceptors (Lipinski definition) is 6. The van der Waals surface area contributed by atoms with Crippen molar-refractivity contribution >= 4 is 10.9 Å². The molecule has 1 N–H and O–H groups in total. The van der Waals surface area contributed by atoms with Gasteiger partial charge < -0.3 is 4.98 Å². The maximum atomic E-state index is 13.8. The number of aromatic amines is 1. The topological polar surface area (TPSA) is 82.9 Å². The number of aryl methyl sites for hydroxylation is 1. The van der Waals surface area contributed by atoms with E-state index in [2.05, 4.69) is 103 Å². The second kappa shape index (κ2) is 12.2. The first kappa shape index (κ1) is 27.7. The third-order valence-electron chi connectivity index (χ3n) is 9.40. The van der Waals surface area contributed by atoms with Crippen LogP contribution in [0.25, 0.3) is 10.9 Å². The standard InChI is InChI=1S/C35H39N7O/c1-25-12-11-17-28-24-30(35(43)36-31(25)28)33(34-37-38-39-42(34)29-18-9-4-10-19-29)41-22-20-40(21-23-41)32(26-13-5-2-6-14-26)27-15-7-3-8-16-27/h2-3,5-8,11-17,24,29,32-33H,4,9-10,18-23H2,1H3,(H,36,43)/t33-/m1/s1. The molecule has 3 aromatic carbocycles. The van der Waals surface area contributed by atoms with Crippen molar-refractivity contribution in [2.75, 3.05) is 26.2 Å². The van der Waals surface area contributed by atoms with Crippen LogP contribution in [0.5, 0.6) is 0 Å². The van der Waals surface area contributed by atoms with E-state index < -0.39 is 0 Å². The minimum atomic E-state index is -0.334. The van der Waals surface area contributed by atoms with Crippen LogP contribution in [0.1, 0.15) is 78.3 Å². The molecule has 1 saturated carbocycles. The number of pyridine rings is 1. The van der Waals surface area contributed by atoms with Gasteiger partial charge in [0.05, 0.1) is 17.6 Å². The molecule has 2 fully saturated rings. The molecule has 2 aliphatic rings. The molecule has 0 unspecified atom stereocenters. The van der Waals surface area contributed by atoms with E-state index in [1.807, 2.05) is 23.7 Å². The van der Waals surface area contributed by atoms with Gasteiger partial charge in [-0.25, -0.2) is 4.68 Å². The fourth-order valence-corrected chi connectivity index (χ4v) is 7.21. The van der Waals surface area contributed by atoms with Crippen molar-refractivity contribution in [3.05, 3.63) is 123 Å². The monoisotopic (exact) mass is 573 g/mol. The van der Waals surface area contributed by atoms with Crippen molar-refractivity contribution in [2.24, 2.45) is 0 Å². The van der Waals surface area contributed by atoms with Gasteiger partial charge in [0.2, 0.25) is 0 Å². The summed E-state index contributed by atoms with van der Waals surface area (Å²) in [5, 5.41) is 14.4. The molecule has 0 amide bonds. The van der Waals surface area contributed by atoms with Gasteiger partial charge in [-0.15, -0.1) is 5.10 Å². The predicted octanol–water partition coefficient (Wildman–Crippen LogP) is 5.82. The summed E-state index contributed by atoms with van der Waals surface area (Å²) in [5.74, 6) is 0.778. The highest BCUT2D eigenvalue weighted by Gasteiger charge is 2.36. The normalized spacial score (nSPS) is 17.9. The maximum absolute atomic E-state index is 13.8. The lowest BCUT2D eigenvalue weighted by atomic mass is 9.94. The lowest BCUT2D eigenvalue weighted by Crippen LogP contribution is -2.50. The number of hydrogen-bond donors (Lipinski definition) is 1. The van der Waals surface area contributed by atoms with E-state index in [-0.39, 0.29) is 23.7 Å². The molecule has 5 aromatic rings. The van der Waals surface area contributed by atoms with Gasteiger partial charge in [0, 0.05) is 31.7 Å². The molecule has 0 radical (unpaired) electrons. The smallest absolute Gasteiger partial charge is 0.253 e. The van der Waals surface area contributed by atoms with Crippen LogP contribution in [0.2, 0.25) is 0 Å². The van der Waals surface area contributed by atoms with Gasteiger partial charge in [-0.2, -0.15) is 0 Å². The second-order valence-electron chi connectivity index (χ2n) is 12.1. The van der Waals surface area contributed by atoms with E-state index in [0.717, 1.165) is 61.3 Å².